The molecule has 10 heteroatoms. The number of likely N-dealkylation sites (N-methyl/N-ethyl adjacent to an activating group) is 1. The smallest absolute Gasteiger partial charge is 0.450 e. The van der Waals surface area contributed by atoms with Crippen LogP contribution < -0.4 is 15.1 Å². The van der Waals surface area contributed by atoms with E-state index in [-0.39, 0.29) is 12.3 Å². The number of carbonyl (C=O) groups excluding carboxylic acids is 1. The number of ether oxygens (including phenoxy) is 2. The molecule has 2 aliphatic rings. The van der Waals surface area contributed by atoms with Crippen LogP contribution in [0.4, 0.5) is 21.9 Å². The van der Waals surface area contributed by atoms with Gasteiger partial charge in [0.2, 0.25) is 0 Å². The van der Waals surface area contributed by atoms with Gasteiger partial charge >= 0.3 is 6.16 Å². The van der Waals surface area contributed by atoms with E-state index < -0.39 is 12.4 Å². The highest BCUT2D eigenvalue weighted by Gasteiger charge is 2.28. The lowest BCUT2D eigenvalue weighted by molar-refractivity contribution is -0.113. The van der Waals surface area contributed by atoms with Crippen molar-refractivity contribution in [3.05, 3.63) is 58.1 Å². The van der Waals surface area contributed by atoms with E-state index in [0.29, 0.717) is 40.1 Å². The first-order valence-corrected chi connectivity index (χ1v) is 11.1. The van der Waals surface area contributed by atoms with Crippen molar-refractivity contribution in [2.24, 2.45) is 0 Å². The van der Waals surface area contributed by atoms with Crippen LogP contribution in [0.15, 0.2) is 42.5 Å². The Morgan fingerprint density at radius 3 is 2.58 bits per heavy atom. The Balaban J connectivity index is 1.58. The second kappa shape index (κ2) is 9.91. The van der Waals surface area contributed by atoms with Gasteiger partial charge in [0.25, 0.3) is 5.91 Å². The minimum absolute atomic E-state index is 0.135. The van der Waals surface area contributed by atoms with Crippen LogP contribution in [0.25, 0.3) is 5.57 Å². The molecule has 0 aliphatic carbocycles. The van der Waals surface area contributed by atoms with Crippen LogP contribution in [0.1, 0.15) is 12.0 Å². The second-order valence-corrected chi connectivity index (χ2v) is 8.56. The van der Waals surface area contributed by atoms with Gasteiger partial charge in [0.05, 0.1) is 18.2 Å². The van der Waals surface area contributed by atoms with Crippen molar-refractivity contribution in [2.75, 3.05) is 48.5 Å². The summed E-state index contributed by atoms with van der Waals surface area (Å²) in [5, 5.41) is 12.7. The number of hydrogen-bond donors (Lipinski definition) is 2. The molecule has 0 saturated carbocycles. The van der Waals surface area contributed by atoms with Gasteiger partial charge in [0.1, 0.15) is 0 Å². The Kier molecular flexibility index (Phi) is 6.97. The molecule has 0 radical (unpaired) electrons. The summed E-state index contributed by atoms with van der Waals surface area (Å²) in [7, 11) is 1.68. The van der Waals surface area contributed by atoms with E-state index in [1.54, 1.807) is 19.2 Å². The van der Waals surface area contributed by atoms with Gasteiger partial charge < -0.3 is 29.7 Å². The Hall–Kier alpha value is -2.94. The third-order valence-electron chi connectivity index (χ3n) is 5.58. The quantitative estimate of drug-likeness (QED) is 0.472. The topological polar surface area (TPSA) is 91.3 Å². The lowest BCUT2D eigenvalue weighted by Crippen LogP contribution is -2.36. The van der Waals surface area contributed by atoms with Crippen molar-refractivity contribution in [3.8, 4) is 0 Å². The van der Waals surface area contributed by atoms with Gasteiger partial charge in [-0.3, -0.25) is 4.79 Å². The number of halogens is 2. The number of nitrogens with zero attached hydrogens (tertiary/aromatic N) is 2. The number of amides is 1. The molecule has 1 unspecified atom stereocenters. The van der Waals surface area contributed by atoms with Crippen LogP contribution >= 0.6 is 23.2 Å². The second-order valence-electron chi connectivity index (χ2n) is 7.71. The molecule has 1 amide bonds. The van der Waals surface area contributed by atoms with Crippen molar-refractivity contribution < 1.29 is 24.2 Å². The largest absolute Gasteiger partial charge is 0.507 e. The Labute approximate surface area is 201 Å². The average Bonchev–Trinajstić information content (AvgIpc) is 2.78. The maximum atomic E-state index is 13.1. The maximum absolute atomic E-state index is 13.1. The molecule has 1 atom stereocenters. The van der Waals surface area contributed by atoms with Crippen molar-refractivity contribution in [3.63, 3.8) is 0 Å². The molecule has 2 aromatic carbocycles. The van der Waals surface area contributed by atoms with Crippen LogP contribution in [0.2, 0.25) is 10.0 Å². The molecule has 2 aromatic rings. The molecule has 0 spiro atoms. The Morgan fingerprint density at radius 2 is 1.91 bits per heavy atom. The summed E-state index contributed by atoms with van der Waals surface area (Å²) < 4.78 is 10.3. The van der Waals surface area contributed by atoms with Gasteiger partial charge in [-0.1, -0.05) is 23.2 Å². The first kappa shape index (κ1) is 23.2. The summed E-state index contributed by atoms with van der Waals surface area (Å²) in [6.45, 7) is 3.06. The molecule has 4 rings (SSSR count). The molecule has 2 N–H and O–H groups in total. The number of fused-ring (bicyclic) bond motifs is 1. The first-order chi connectivity index (χ1) is 15.8. The number of morpholine rings is 1. The van der Waals surface area contributed by atoms with E-state index in [4.69, 9.17) is 37.8 Å². The standard InChI is InChI=1S/C23H23Cl2N3O5/c1-27(16-2-4-17(5-3-16)28-6-8-32-9-7-28)21(29)11-14-10-20(33-23(30)31)26-19-13-15(24)12-18(25)22(14)19/h2-5,11-13,20,26H,6-10H2,1H3,(H,30,31)/b14-11+. The lowest BCUT2D eigenvalue weighted by Gasteiger charge is -2.29. The molecule has 2 heterocycles. The summed E-state index contributed by atoms with van der Waals surface area (Å²) in [6.07, 6.45) is -0.710. The van der Waals surface area contributed by atoms with Gasteiger partial charge in [-0.25, -0.2) is 4.79 Å². The number of carboxylic acid groups (broad SMARTS) is 1. The van der Waals surface area contributed by atoms with E-state index in [2.05, 4.69) is 10.2 Å². The molecule has 8 nitrogen and oxygen atoms in total. The summed E-state index contributed by atoms with van der Waals surface area (Å²) in [5.74, 6) is -0.280. The molecular formula is C23H23Cl2N3O5. The first-order valence-electron chi connectivity index (χ1n) is 10.4. The number of hydrogen-bond acceptors (Lipinski definition) is 6. The van der Waals surface area contributed by atoms with Crippen LogP contribution in [0, 0.1) is 0 Å². The zero-order valence-electron chi connectivity index (χ0n) is 17.9. The maximum Gasteiger partial charge on any atom is 0.507 e. The van der Waals surface area contributed by atoms with E-state index in [1.165, 1.54) is 11.0 Å². The van der Waals surface area contributed by atoms with Gasteiger partial charge in [0.15, 0.2) is 6.23 Å². The minimum Gasteiger partial charge on any atom is -0.450 e. The molecule has 0 bridgehead atoms. The fourth-order valence-electron chi connectivity index (χ4n) is 3.95. The van der Waals surface area contributed by atoms with Gasteiger partial charge in [0, 0.05) is 60.3 Å². The van der Waals surface area contributed by atoms with Crippen LogP contribution in [-0.2, 0) is 14.3 Å². The van der Waals surface area contributed by atoms with Crippen LogP contribution in [-0.4, -0.2) is 56.7 Å². The molecule has 33 heavy (non-hydrogen) atoms. The van der Waals surface area contributed by atoms with E-state index >= 15 is 0 Å². The van der Waals surface area contributed by atoms with Crippen molar-refractivity contribution >= 4 is 57.9 Å². The third-order valence-corrected chi connectivity index (χ3v) is 6.10. The van der Waals surface area contributed by atoms with Crippen molar-refractivity contribution in [1.82, 2.24) is 0 Å². The van der Waals surface area contributed by atoms with Crippen LogP contribution in [0.3, 0.4) is 0 Å². The number of benzene rings is 2. The summed E-state index contributed by atoms with van der Waals surface area (Å²) >= 11 is 12.5. The van der Waals surface area contributed by atoms with Crippen LogP contribution in [0.5, 0.6) is 0 Å². The number of rotatable bonds is 4. The van der Waals surface area contributed by atoms with Crippen molar-refractivity contribution in [2.45, 2.75) is 12.6 Å². The molecule has 1 fully saturated rings. The SMILES string of the molecule is CN(C(=O)/C=C1\CC(OC(=O)O)Nc2cc(Cl)cc(Cl)c21)c1ccc(N2CCOCC2)cc1. The number of nitrogens with one attached hydrogen (secondary N) is 1. The number of anilines is 3. The highest BCUT2D eigenvalue weighted by atomic mass is 35.5. The summed E-state index contributed by atoms with van der Waals surface area (Å²) in [5.41, 5.74) is 3.45. The molecular weight excluding hydrogens is 469 g/mol. The lowest BCUT2D eigenvalue weighted by atomic mass is 9.95. The Morgan fingerprint density at radius 1 is 1.21 bits per heavy atom. The fourth-order valence-corrected chi connectivity index (χ4v) is 4.56. The zero-order valence-corrected chi connectivity index (χ0v) is 19.4. The highest BCUT2D eigenvalue weighted by molar-refractivity contribution is 6.36. The van der Waals surface area contributed by atoms with E-state index in [1.807, 2.05) is 24.3 Å². The summed E-state index contributed by atoms with van der Waals surface area (Å²) in [4.78, 5) is 27.9. The van der Waals surface area contributed by atoms with E-state index in [9.17, 15) is 9.59 Å². The minimum atomic E-state index is -1.42. The Bertz CT molecular complexity index is 1080. The number of carbonyl (C=O) groups is 2. The molecule has 1 saturated heterocycles. The monoisotopic (exact) mass is 491 g/mol. The van der Waals surface area contributed by atoms with Gasteiger partial charge in [-0.2, -0.15) is 0 Å². The fraction of sp³-hybridized carbons (Fsp3) is 0.304. The molecule has 0 aromatic heterocycles. The molecule has 2 aliphatic heterocycles. The predicted octanol–water partition coefficient (Wildman–Crippen LogP) is 4.71. The summed E-state index contributed by atoms with van der Waals surface area (Å²) in [6, 6.07) is 10.9. The third kappa shape index (κ3) is 5.35. The normalized spacial score (nSPS) is 18.9. The zero-order chi connectivity index (χ0) is 23.5. The highest BCUT2D eigenvalue weighted by Crippen LogP contribution is 2.40. The molecule has 174 valence electrons. The predicted molar refractivity (Wildman–Crippen MR) is 128 cm³/mol. The van der Waals surface area contributed by atoms with Crippen molar-refractivity contribution in [1.29, 1.82) is 0 Å². The van der Waals surface area contributed by atoms with Gasteiger partial charge in [-0.05, 0) is 42.0 Å². The average molecular weight is 492 g/mol. The van der Waals surface area contributed by atoms with E-state index in [0.717, 1.165) is 24.5 Å². The van der Waals surface area contributed by atoms with Gasteiger partial charge in [-0.15, -0.1) is 0 Å².